The zero-order valence-electron chi connectivity index (χ0n) is 11.5. The van der Waals surface area contributed by atoms with Crippen molar-refractivity contribution in [2.24, 2.45) is 5.92 Å². The summed E-state index contributed by atoms with van der Waals surface area (Å²) in [7, 11) is 0. The molecule has 2 fully saturated rings. The fourth-order valence-electron chi connectivity index (χ4n) is 2.49. The van der Waals surface area contributed by atoms with Gasteiger partial charge in [-0.3, -0.25) is 4.79 Å². The Morgan fingerprint density at radius 1 is 1.39 bits per heavy atom. The summed E-state index contributed by atoms with van der Waals surface area (Å²) in [6, 6.07) is 0.0520. The molecule has 1 atom stereocenters. The second-order valence-corrected chi connectivity index (χ2v) is 5.45. The standard InChI is InChI=1S/C14H26N2O2/c1-2-15-13-5-3-8-16(14(13)17)9-4-10-18-11-12-6-7-12/h12-13,15H,2-11H2,1H3. The van der Waals surface area contributed by atoms with Gasteiger partial charge in [0.05, 0.1) is 6.04 Å². The molecule has 1 amide bonds. The monoisotopic (exact) mass is 254 g/mol. The highest BCUT2D eigenvalue weighted by Gasteiger charge is 2.27. The van der Waals surface area contributed by atoms with Crippen LogP contribution in [0.3, 0.4) is 0 Å². The minimum Gasteiger partial charge on any atom is -0.381 e. The van der Waals surface area contributed by atoms with Gasteiger partial charge in [0.25, 0.3) is 0 Å². The van der Waals surface area contributed by atoms with Crippen molar-refractivity contribution in [3.8, 4) is 0 Å². The van der Waals surface area contributed by atoms with Crippen LogP contribution in [0.4, 0.5) is 0 Å². The van der Waals surface area contributed by atoms with Crippen LogP contribution in [-0.2, 0) is 9.53 Å². The number of hydrogen-bond acceptors (Lipinski definition) is 3. The maximum atomic E-state index is 12.1. The maximum absolute atomic E-state index is 12.1. The molecule has 0 aromatic carbocycles. The lowest BCUT2D eigenvalue weighted by molar-refractivity contribution is -0.136. The number of nitrogens with one attached hydrogen (secondary N) is 1. The van der Waals surface area contributed by atoms with E-state index in [0.717, 1.165) is 58.0 Å². The van der Waals surface area contributed by atoms with Crippen molar-refractivity contribution in [2.45, 2.75) is 45.1 Å². The summed E-state index contributed by atoms with van der Waals surface area (Å²) in [5.74, 6) is 1.12. The third-order valence-corrected chi connectivity index (χ3v) is 3.75. The number of likely N-dealkylation sites (tertiary alicyclic amines) is 1. The molecule has 4 heteroatoms. The van der Waals surface area contributed by atoms with E-state index in [1.807, 2.05) is 4.90 Å². The van der Waals surface area contributed by atoms with Crippen LogP contribution in [0, 0.1) is 5.92 Å². The largest absolute Gasteiger partial charge is 0.381 e. The van der Waals surface area contributed by atoms with E-state index in [2.05, 4.69) is 12.2 Å². The predicted molar refractivity (Wildman–Crippen MR) is 71.4 cm³/mol. The van der Waals surface area contributed by atoms with Crippen molar-refractivity contribution in [3.05, 3.63) is 0 Å². The van der Waals surface area contributed by atoms with E-state index >= 15 is 0 Å². The molecule has 1 N–H and O–H groups in total. The molecule has 1 saturated carbocycles. The van der Waals surface area contributed by atoms with Gasteiger partial charge < -0.3 is 15.0 Å². The van der Waals surface area contributed by atoms with Gasteiger partial charge in [0, 0.05) is 26.3 Å². The van der Waals surface area contributed by atoms with E-state index < -0.39 is 0 Å². The summed E-state index contributed by atoms with van der Waals surface area (Å²) in [6.07, 6.45) is 5.76. The van der Waals surface area contributed by atoms with Gasteiger partial charge in [-0.2, -0.15) is 0 Å². The Balaban J connectivity index is 1.59. The number of amides is 1. The van der Waals surface area contributed by atoms with E-state index in [9.17, 15) is 4.79 Å². The molecule has 1 aliphatic heterocycles. The van der Waals surface area contributed by atoms with Gasteiger partial charge in [0.15, 0.2) is 0 Å². The van der Waals surface area contributed by atoms with Crippen LogP contribution in [0.15, 0.2) is 0 Å². The Bertz CT molecular complexity index is 265. The highest BCUT2D eigenvalue weighted by atomic mass is 16.5. The lowest BCUT2D eigenvalue weighted by Crippen LogP contribution is -2.50. The Kier molecular flexibility index (Phi) is 5.45. The van der Waals surface area contributed by atoms with Gasteiger partial charge in [-0.15, -0.1) is 0 Å². The topological polar surface area (TPSA) is 41.6 Å². The molecular weight excluding hydrogens is 228 g/mol. The Morgan fingerprint density at radius 2 is 2.22 bits per heavy atom. The summed E-state index contributed by atoms with van der Waals surface area (Å²) in [5.41, 5.74) is 0. The van der Waals surface area contributed by atoms with Gasteiger partial charge in [-0.05, 0) is 44.6 Å². The molecule has 104 valence electrons. The first-order valence-electron chi connectivity index (χ1n) is 7.41. The molecule has 0 aromatic heterocycles. The van der Waals surface area contributed by atoms with E-state index in [1.54, 1.807) is 0 Å². The molecule has 0 spiro atoms. The van der Waals surface area contributed by atoms with Crippen molar-refractivity contribution in [1.29, 1.82) is 0 Å². The highest BCUT2D eigenvalue weighted by molar-refractivity contribution is 5.82. The summed E-state index contributed by atoms with van der Waals surface area (Å²) in [6.45, 7) is 6.42. The smallest absolute Gasteiger partial charge is 0.239 e. The second kappa shape index (κ2) is 7.10. The molecule has 4 nitrogen and oxygen atoms in total. The van der Waals surface area contributed by atoms with Gasteiger partial charge in [-0.1, -0.05) is 6.92 Å². The zero-order chi connectivity index (χ0) is 12.8. The van der Waals surface area contributed by atoms with Crippen molar-refractivity contribution < 1.29 is 9.53 Å². The SMILES string of the molecule is CCNC1CCCN(CCCOCC2CC2)C1=O. The molecule has 0 radical (unpaired) electrons. The lowest BCUT2D eigenvalue weighted by Gasteiger charge is -2.32. The van der Waals surface area contributed by atoms with E-state index in [1.165, 1.54) is 12.8 Å². The third-order valence-electron chi connectivity index (χ3n) is 3.75. The van der Waals surface area contributed by atoms with E-state index in [4.69, 9.17) is 4.74 Å². The number of hydrogen-bond donors (Lipinski definition) is 1. The Labute approximate surface area is 110 Å². The summed E-state index contributed by atoms with van der Waals surface area (Å²) >= 11 is 0. The number of likely N-dealkylation sites (N-methyl/N-ethyl adjacent to an activating group) is 1. The molecule has 2 aliphatic rings. The molecule has 1 unspecified atom stereocenters. The highest BCUT2D eigenvalue weighted by Crippen LogP contribution is 2.28. The second-order valence-electron chi connectivity index (χ2n) is 5.45. The quantitative estimate of drug-likeness (QED) is 0.666. The molecule has 1 saturated heterocycles. The molecule has 1 heterocycles. The van der Waals surface area contributed by atoms with Crippen LogP contribution in [0.25, 0.3) is 0 Å². The number of nitrogens with zero attached hydrogens (tertiary/aromatic N) is 1. The number of piperidine rings is 1. The first-order chi connectivity index (χ1) is 8.81. The molecule has 2 rings (SSSR count). The Hall–Kier alpha value is -0.610. The first kappa shape index (κ1) is 13.8. The molecular formula is C14H26N2O2. The third kappa shape index (κ3) is 4.25. The van der Waals surface area contributed by atoms with E-state index in [-0.39, 0.29) is 11.9 Å². The fourth-order valence-corrected chi connectivity index (χ4v) is 2.49. The molecule has 0 bridgehead atoms. The molecule has 0 aromatic rings. The summed E-state index contributed by atoms with van der Waals surface area (Å²) in [4.78, 5) is 14.1. The van der Waals surface area contributed by atoms with Crippen LogP contribution >= 0.6 is 0 Å². The molecule has 1 aliphatic carbocycles. The van der Waals surface area contributed by atoms with Gasteiger partial charge in [0.2, 0.25) is 5.91 Å². The number of ether oxygens (including phenoxy) is 1. The lowest BCUT2D eigenvalue weighted by atomic mass is 10.0. The van der Waals surface area contributed by atoms with Crippen LogP contribution in [-0.4, -0.2) is 49.7 Å². The van der Waals surface area contributed by atoms with Crippen molar-refractivity contribution in [1.82, 2.24) is 10.2 Å². The number of rotatable bonds is 8. The van der Waals surface area contributed by atoms with Gasteiger partial charge in [-0.25, -0.2) is 0 Å². The summed E-state index contributed by atoms with van der Waals surface area (Å²) in [5, 5.41) is 3.27. The fraction of sp³-hybridized carbons (Fsp3) is 0.929. The van der Waals surface area contributed by atoms with Gasteiger partial charge >= 0.3 is 0 Å². The van der Waals surface area contributed by atoms with Crippen molar-refractivity contribution in [2.75, 3.05) is 32.8 Å². The minimum atomic E-state index is 0.0520. The molecule has 18 heavy (non-hydrogen) atoms. The zero-order valence-corrected chi connectivity index (χ0v) is 11.5. The van der Waals surface area contributed by atoms with Crippen LogP contribution in [0.5, 0.6) is 0 Å². The van der Waals surface area contributed by atoms with Gasteiger partial charge in [0.1, 0.15) is 0 Å². The average molecular weight is 254 g/mol. The maximum Gasteiger partial charge on any atom is 0.239 e. The van der Waals surface area contributed by atoms with Crippen molar-refractivity contribution in [3.63, 3.8) is 0 Å². The van der Waals surface area contributed by atoms with Crippen LogP contribution in [0.1, 0.15) is 39.0 Å². The summed E-state index contributed by atoms with van der Waals surface area (Å²) < 4.78 is 5.60. The average Bonchev–Trinajstić information content (AvgIpc) is 3.17. The van der Waals surface area contributed by atoms with Crippen LogP contribution < -0.4 is 5.32 Å². The van der Waals surface area contributed by atoms with E-state index in [0.29, 0.717) is 0 Å². The predicted octanol–water partition coefficient (Wildman–Crippen LogP) is 1.40. The Morgan fingerprint density at radius 3 is 2.94 bits per heavy atom. The minimum absolute atomic E-state index is 0.0520. The van der Waals surface area contributed by atoms with Crippen LogP contribution in [0.2, 0.25) is 0 Å². The normalized spacial score (nSPS) is 24.6. The number of carbonyl (C=O) groups excluding carboxylic acids is 1. The number of carbonyl (C=O) groups is 1. The first-order valence-corrected chi connectivity index (χ1v) is 7.41. The van der Waals surface area contributed by atoms with Crippen molar-refractivity contribution >= 4 is 5.91 Å².